The first kappa shape index (κ1) is 24.0. The van der Waals surface area contributed by atoms with E-state index in [0.29, 0.717) is 23.1 Å². The Labute approximate surface area is 218 Å². The second kappa shape index (κ2) is 8.59. The van der Waals surface area contributed by atoms with E-state index in [-0.39, 0.29) is 33.3 Å². The van der Waals surface area contributed by atoms with Crippen molar-refractivity contribution >= 4 is 27.3 Å². The maximum absolute atomic E-state index is 14.0. The molecule has 0 saturated carbocycles. The maximum atomic E-state index is 14.0. The van der Waals surface area contributed by atoms with Crippen LogP contribution < -0.4 is 0 Å². The summed E-state index contributed by atoms with van der Waals surface area (Å²) in [6, 6.07) is 17.1. The molecular formula is C29H22N2O6S. The van der Waals surface area contributed by atoms with Crippen molar-refractivity contribution in [2.75, 3.05) is 0 Å². The van der Waals surface area contributed by atoms with Gasteiger partial charge < -0.3 is 0 Å². The number of nitrogens with zero attached hydrogens (tertiary/aromatic N) is 2. The molecule has 38 heavy (non-hydrogen) atoms. The lowest BCUT2D eigenvalue weighted by Crippen LogP contribution is -2.26. The van der Waals surface area contributed by atoms with Gasteiger partial charge in [0.2, 0.25) is 11.6 Å². The number of benzene rings is 3. The summed E-state index contributed by atoms with van der Waals surface area (Å²) in [5.41, 5.74) is 3.39. The van der Waals surface area contributed by atoms with Crippen LogP contribution in [0.3, 0.4) is 0 Å². The van der Waals surface area contributed by atoms with Crippen LogP contribution in [0.5, 0.6) is 0 Å². The fraction of sp³-hybridized carbons (Fsp3) is 0.172. The summed E-state index contributed by atoms with van der Waals surface area (Å²) >= 11 is 0. The Hall–Kier alpha value is -4.37. The summed E-state index contributed by atoms with van der Waals surface area (Å²) in [5.74, 6) is -1.14. The van der Waals surface area contributed by atoms with Gasteiger partial charge in [-0.25, -0.2) is 12.4 Å². The Bertz CT molecular complexity index is 1770. The second-order valence-electron chi connectivity index (χ2n) is 9.69. The average molecular weight is 527 g/mol. The van der Waals surface area contributed by atoms with E-state index in [1.165, 1.54) is 18.3 Å². The highest BCUT2D eigenvalue weighted by molar-refractivity contribution is 7.90. The van der Waals surface area contributed by atoms with Gasteiger partial charge in [-0.3, -0.25) is 19.7 Å². The number of hydrogen-bond donors (Lipinski definition) is 0. The van der Waals surface area contributed by atoms with Crippen molar-refractivity contribution in [2.45, 2.75) is 37.0 Å². The molecule has 1 atom stereocenters. The van der Waals surface area contributed by atoms with E-state index in [0.717, 1.165) is 40.1 Å². The van der Waals surface area contributed by atoms with Gasteiger partial charge in [0.15, 0.2) is 0 Å². The normalized spacial score (nSPS) is 16.5. The molecule has 1 heterocycles. The number of nitro benzene ring substituents is 1. The minimum atomic E-state index is -4.30. The molecule has 1 unspecified atom stereocenters. The quantitative estimate of drug-likeness (QED) is 0.189. The average Bonchev–Trinajstić information content (AvgIpc) is 3.34. The van der Waals surface area contributed by atoms with Crippen molar-refractivity contribution in [3.63, 3.8) is 0 Å². The first-order valence-corrected chi connectivity index (χ1v) is 13.7. The predicted octanol–water partition coefficient (Wildman–Crippen LogP) is 5.79. The van der Waals surface area contributed by atoms with Crippen LogP contribution in [-0.2, 0) is 16.4 Å². The van der Waals surface area contributed by atoms with E-state index < -0.39 is 26.5 Å². The first-order chi connectivity index (χ1) is 18.2. The number of rotatable bonds is 4. The molecule has 0 spiro atoms. The Morgan fingerprint density at radius 3 is 2.26 bits per heavy atom. The molecule has 2 aliphatic carbocycles. The number of fused-ring (bicyclic) bond motifs is 5. The molecule has 190 valence electrons. The zero-order valence-electron chi connectivity index (χ0n) is 20.4. The molecule has 0 N–H and O–H groups in total. The van der Waals surface area contributed by atoms with Crippen LogP contribution in [0.1, 0.15) is 57.5 Å². The minimum absolute atomic E-state index is 0.0444. The molecule has 0 aliphatic heterocycles. The van der Waals surface area contributed by atoms with Crippen LogP contribution in [-0.4, -0.2) is 28.9 Å². The van der Waals surface area contributed by atoms with Crippen LogP contribution in [0, 0.1) is 10.1 Å². The van der Waals surface area contributed by atoms with Gasteiger partial charge >= 0.3 is 0 Å². The number of nitro groups is 1. The Morgan fingerprint density at radius 2 is 1.58 bits per heavy atom. The number of ketones is 2. The zero-order chi connectivity index (χ0) is 26.8. The summed E-state index contributed by atoms with van der Waals surface area (Å²) in [7, 11) is -4.30. The summed E-state index contributed by atoms with van der Waals surface area (Å²) in [6.45, 7) is 2.08. The SMILES string of the molecule is CC1CCCc2c1ccc1c2C(=O)C(=O)c2c(-c3ccccc3)cn(S(=O)(=O)c3ccc([N+](=O)[O-])cc3)c2-1. The fourth-order valence-corrected chi connectivity index (χ4v) is 7.05. The minimum Gasteiger partial charge on any atom is -0.285 e. The molecule has 8 nitrogen and oxygen atoms in total. The highest BCUT2D eigenvalue weighted by Crippen LogP contribution is 2.46. The van der Waals surface area contributed by atoms with Crippen LogP contribution >= 0.6 is 0 Å². The van der Waals surface area contributed by atoms with Gasteiger partial charge in [0, 0.05) is 35.0 Å². The van der Waals surface area contributed by atoms with Crippen molar-refractivity contribution in [1.29, 1.82) is 0 Å². The standard InChI is InChI=1S/C29H22N2O6S/c1-17-6-5-9-22-21(17)14-15-23-25(22)28(32)29(33)26-24(18-7-3-2-4-8-18)16-30(27(23)26)38(36,37)20-12-10-19(11-13-20)31(34)35/h2-4,7-8,10-17H,5-6,9H2,1H3. The molecule has 0 bridgehead atoms. The van der Waals surface area contributed by atoms with Gasteiger partial charge in [0.1, 0.15) is 0 Å². The van der Waals surface area contributed by atoms with E-state index in [1.807, 2.05) is 6.07 Å². The summed E-state index contributed by atoms with van der Waals surface area (Å²) in [4.78, 5) is 37.6. The summed E-state index contributed by atoms with van der Waals surface area (Å²) < 4.78 is 29.0. The number of hydrogen-bond acceptors (Lipinski definition) is 6. The van der Waals surface area contributed by atoms with Gasteiger partial charge in [-0.2, -0.15) is 0 Å². The van der Waals surface area contributed by atoms with E-state index >= 15 is 0 Å². The summed E-state index contributed by atoms with van der Waals surface area (Å²) in [6.07, 6.45) is 3.86. The number of Topliss-reactive ketones (excluding diaryl/α,β-unsaturated/α-hetero) is 2. The molecule has 3 aromatic carbocycles. The Kier molecular flexibility index (Phi) is 5.43. The van der Waals surface area contributed by atoms with Crippen LogP contribution in [0.4, 0.5) is 5.69 Å². The maximum Gasteiger partial charge on any atom is 0.269 e. The lowest BCUT2D eigenvalue weighted by atomic mass is 9.75. The highest BCUT2D eigenvalue weighted by Gasteiger charge is 2.41. The van der Waals surface area contributed by atoms with Crippen LogP contribution in [0.15, 0.2) is 77.8 Å². The highest BCUT2D eigenvalue weighted by atomic mass is 32.2. The molecule has 2 aliphatic rings. The molecule has 0 radical (unpaired) electrons. The zero-order valence-corrected chi connectivity index (χ0v) is 21.2. The lowest BCUT2D eigenvalue weighted by molar-refractivity contribution is -0.384. The third kappa shape index (κ3) is 3.46. The van der Waals surface area contributed by atoms with Crippen molar-refractivity contribution in [3.05, 3.63) is 105 Å². The molecule has 1 aromatic heterocycles. The number of aromatic nitrogens is 1. The molecule has 0 fully saturated rings. The first-order valence-electron chi connectivity index (χ1n) is 12.3. The van der Waals surface area contributed by atoms with Gasteiger partial charge in [-0.05, 0) is 54.0 Å². The third-order valence-corrected chi connectivity index (χ3v) is 9.20. The fourth-order valence-electron chi connectivity index (χ4n) is 5.67. The lowest BCUT2D eigenvalue weighted by Gasteiger charge is -2.28. The predicted molar refractivity (Wildman–Crippen MR) is 141 cm³/mol. The molecule has 0 saturated heterocycles. The largest absolute Gasteiger partial charge is 0.285 e. The Balaban J connectivity index is 1.67. The van der Waals surface area contributed by atoms with E-state index in [9.17, 15) is 28.1 Å². The van der Waals surface area contributed by atoms with Gasteiger partial charge in [-0.1, -0.05) is 49.4 Å². The van der Waals surface area contributed by atoms with E-state index in [4.69, 9.17) is 0 Å². The van der Waals surface area contributed by atoms with Crippen molar-refractivity contribution < 1.29 is 22.9 Å². The number of carbonyl (C=O) groups is 2. The van der Waals surface area contributed by atoms with E-state index in [1.54, 1.807) is 36.4 Å². The van der Waals surface area contributed by atoms with Crippen LogP contribution in [0.2, 0.25) is 0 Å². The van der Waals surface area contributed by atoms with Crippen molar-refractivity contribution in [3.8, 4) is 22.4 Å². The Morgan fingerprint density at radius 1 is 0.895 bits per heavy atom. The number of non-ortho nitro benzene ring substituents is 1. The molecular weight excluding hydrogens is 504 g/mol. The molecule has 6 rings (SSSR count). The third-order valence-electron chi connectivity index (χ3n) is 7.52. The number of carbonyl (C=O) groups excluding carboxylic acids is 2. The van der Waals surface area contributed by atoms with Crippen LogP contribution in [0.25, 0.3) is 22.4 Å². The molecule has 9 heteroatoms. The second-order valence-corrected chi connectivity index (χ2v) is 11.5. The smallest absolute Gasteiger partial charge is 0.269 e. The summed E-state index contributed by atoms with van der Waals surface area (Å²) in [5, 5.41) is 11.1. The molecule has 4 aromatic rings. The van der Waals surface area contributed by atoms with Crippen molar-refractivity contribution in [2.24, 2.45) is 0 Å². The molecule has 0 amide bonds. The topological polar surface area (TPSA) is 116 Å². The van der Waals surface area contributed by atoms with Crippen molar-refractivity contribution in [1.82, 2.24) is 3.97 Å². The van der Waals surface area contributed by atoms with Gasteiger partial charge in [-0.15, -0.1) is 0 Å². The van der Waals surface area contributed by atoms with E-state index in [2.05, 4.69) is 6.92 Å². The van der Waals surface area contributed by atoms with Gasteiger partial charge in [0.25, 0.3) is 15.7 Å². The monoisotopic (exact) mass is 526 g/mol. The van der Waals surface area contributed by atoms with Gasteiger partial charge in [0.05, 0.1) is 21.1 Å².